The predicted molar refractivity (Wildman–Crippen MR) is 80.0 cm³/mol. The molecule has 1 aromatic heterocycles. The molecule has 0 bridgehead atoms. The third-order valence-corrected chi connectivity index (χ3v) is 3.58. The van der Waals surface area contributed by atoms with E-state index in [4.69, 9.17) is 14.2 Å². The first-order chi connectivity index (χ1) is 11.0. The molecule has 1 aliphatic heterocycles. The average Bonchev–Trinajstić information content (AvgIpc) is 2.49. The van der Waals surface area contributed by atoms with Gasteiger partial charge in [-0.15, -0.1) is 0 Å². The molecular formula is C14H21N3O6. The summed E-state index contributed by atoms with van der Waals surface area (Å²) in [5.41, 5.74) is -0.587. The zero-order valence-corrected chi connectivity index (χ0v) is 13.3. The Morgan fingerprint density at radius 3 is 2.87 bits per heavy atom. The summed E-state index contributed by atoms with van der Waals surface area (Å²) in [4.78, 5) is 27.0. The van der Waals surface area contributed by atoms with Crippen molar-refractivity contribution < 1.29 is 24.1 Å². The van der Waals surface area contributed by atoms with Crippen LogP contribution in [-0.4, -0.2) is 59.7 Å². The second-order valence-electron chi connectivity index (χ2n) is 5.28. The number of ether oxygens (including phenoxy) is 3. The van der Waals surface area contributed by atoms with E-state index in [0.717, 1.165) is 0 Å². The number of rotatable bonds is 5. The molecule has 2 N–H and O–H groups in total. The number of nitrogens with one attached hydrogen (secondary N) is 1. The number of hydrogen-bond acceptors (Lipinski definition) is 7. The van der Waals surface area contributed by atoms with Crippen LogP contribution in [0.15, 0.2) is 17.1 Å². The topological polar surface area (TPSA) is 112 Å². The van der Waals surface area contributed by atoms with Crippen molar-refractivity contribution in [1.82, 2.24) is 9.55 Å². The van der Waals surface area contributed by atoms with E-state index in [-0.39, 0.29) is 18.3 Å². The minimum Gasteiger partial charge on any atom is -0.390 e. The lowest BCUT2D eigenvalue weighted by atomic mass is 10.0. The molecule has 0 radical (unpaired) electrons. The van der Waals surface area contributed by atoms with Crippen LogP contribution in [0.3, 0.4) is 0 Å². The standard InChI is InChI=1S/C14H21N3O6/c1-8(18)15-12-4-5-17(14(20)16-12)13-10(22-3)6-9(19)11(23-13)7-21-2/h4-5,9-11,13,19H,6-7H2,1-3H3,(H,15,16,18,20). The highest BCUT2D eigenvalue weighted by Gasteiger charge is 2.38. The maximum Gasteiger partial charge on any atom is 0.351 e. The third-order valence-electron chi connectivity index (χ3n) is 3.58. The number of carbonyl (C=O) groups excluding carboxylic acids is 1. The van der Waals surface area contributed by atoms with E-state index in [1.54, 1.807) is 0 Å². The number of methoxy groups -OCH3 is 2. The molecule has 0 saturated carbocycles. The van der Waals surface area contributed by atoms with Gasteiger partial charge in [0, 0.05) is 33.8 Å². The third kappa shape index (κ3) is 4.14. The van der Waals surface area contributed by atoms with Gasteiger partial charge in [0.25, 0.3) is 0 Å². The first-order valence-electron chi connectivity index (χ1n) is 7.18. The number of hydrogen-bond donors (Lipinski definition) is 2. The van der Waals surface area contributed by atoms with Gasteiger partial charge >= 0.3 is 5.69 Å². The summed E-state index contributed by atoms with van der Waals surface area (Å²) < 4.78 is 17.4. The van der Waals surface area contributed by atoms with Crippen LogP contribution < -0.4 is 11.0 Å². The van der Waals surface area contributed by atoms with Crippen molar-refractivity contribution in [2.45, 2.75) is 37.9 Å². The van der Waals surface area contributed by atoms with Crippen LogP contribution in [0, 0.1) is 0 Å². The van der Waals surface area contributed by atoms with Crippen LogP contribution in [0.25, 0.3) is 0 Å². The Hall–Kier alpha value is -1.81. The van der Waals surface area contributed by atoms with Crippen molar-refractivity contribution in [3.63, 3.8) is 0 Å². The monoisotopic (exact) mass is 327 g/mol. The number of amides is 1. The highest BCUT2D eigenvalue weighted by atomic mass is 16.6. The first kappa shape index (κ1) is 17.5. The lowest BCUT2D eigenvalue weighted by molar-refractivity contribution is -0.216. The Morgan fingerprint density at radius 2 is 2.30 bits per heavy atom. The lowest BCUT2D eigenvalue weighted by Crippen LogP contribution is -2.49. The van der Waals surface area contributed by atoms with Crippen LogP contribution in [0.2, 0.25) is 0 Å². The molecule has 0 aromatic carbocycles. The number of nitrogens with zero attached hydrogens (tertiary/aromatic N) is 2. The fraction of sp³-hybridized carbons (Fsp3) is 0.643. The van der Waals surface area contributed by atoms with Gasteiger partial charge in [-0.25, -0.2) is 4.79 Å². The van der Waals surface area contributed by atoms with E-state index in [2.05, 4.69) is 10.3 Å². The molecule has 2 heterocycles. The summed E-state index contributed by atoms with van der Waals surface area (Å²) in [6, 6.07) is 1.50. The fourth-order valence-electron chi connectivity index (χ4n) is 2.49. The smallest absolute Gasteiger partial charge is 0.351 e. The van der Waals surface area contributed by atoms with Crippen LogP contribution in [0.5, 0.6) is 0 Å². The Labute approximate surface area is 133 Å². The highest BCUT2D eigenvalue weighted by Crippen LogP contribution is 2.29. The van der Waals surface area contributed by atoms with Crippen LogP contribution in [-0.2, 0) is 19.0 Å². The van der Waals surface area contributed by atoms with E-state index < -0.39 is 30.2 Å². The van der Waals surface area contributed by atoms with Crippen molar-refractivity contribution in [3.8, 4) is 0 Å². The minimum atomic E-state index is -0.751. The molecule has 23 heavy (non-hydrogen) atoms. The van der Waals surface area contributed by atoms with Crippen molar-refractivity contribution in [1.29, 1.82) is 0 Å². The van der Waals surface area contributed by atoms with Gasteiger partial charge in [-0.05, 0) is 6.07 Å². The number of aliphatic hydroxyl groups is 1. The lowest BCUT2D eigenvalue weighted by Gasteiger charge is -2.39. The molecule has 128 valence electrons. The van der Waals surface area contributed by atoms with Crippen LogP contribution in [0.4, 0.5) is 5.82 Å². The van der Waals surface area contributed by atoms with Gasteiger partial charge in [0.15, 0.2) is 6.23 Å². The van der Waals surface area contributed by atoms with Crippen LogP contribution in [0.1, 0.15) is 19.6 Å². The van der Waals surface area contributed by atoms with Crippen molar-refractivity contribution >= 4 is 11.7 Å². The van der Waals surface area contributed by atoms with E-state index in [1.807, 2.05) is 0 Å². The fourth-order valence-corrected chi connectivity index (χ4v) is 2.49. The van der Waals surface area contributed by atoms with Crippen molar-refractivity contribution in [2.24, 2.45) is 0 Å². The zero-order chi connectivity index (χ0) is 17.0. The van der Waals surface area contributed by atoms with Crippen LogP contribution >= 0.6 is 0 Å². The quantitative estimate of drug-likeness (QED) is 0.750. The van der Waals surface area contributed by atoms with E-state index in [0.29, 0.717) is 6.42 Å². The molecule has 4 atom stereocenters. The summed E-state index contributed by atoms with van der Waals surface area (Å²) in [5, 5.41) is 12.5. The van der Waals surface area contributed by atoms with Gasteiger partial charge in [0.1, 0.15) is 18.0 Å². The molecule has 1 amide bonds. The Morgan fingerprint density at radius 1 is 1.57 bits per heavy atom. The first-order valence-corrected chi connectivity index (χ1v) is 7.18. The summed E-state index contributed by atoms with van der Waals surface area (Å²) in [6.07, 6.45) is -0.801. The van der Waals surface area contributed by atoms with Crippen molar-refractivity contribution in [2.75, 3.05) is 26.1 Å². The second-order valence-corrected chi connectivity index (χ2v) is 5.28. The molecule has 4 unspecified atom stereocenters. The molecule has 1 saturated heterocycles. The van der Waals surface area contributed by atoms with E-state index >= 15 is 0 Å². The predicted octanol–water partition coefficient (Wildman–Crippen LogP) is -0.488. The van der Waals surface area contributed by atoms with E-state index in [1.165, 1.54) is 38.0 Å². The van der Waals surface area contributed by atoms with E-state index in [9.17, 15) is 14.7 Å². The minimum absolute atomic E-state index is 0.164. The molecule has 0 spiro atoms. The summed E-state index contributed by atoms with van der Waals surface area (Å²) >= 11 is 0. The molecular weight excluding hydrogens is 306 g/mol. The van der Waals surface area contributed by atoms with Gasteiger partial charge in [-0.1, -0.05) is 0 Å². The number of anilines is 1. The van der Waals surface area contributed by atoms with Gasteiger partial charge < -0.3 is 24.6 Å². The normalized spacial score (nSPS) is 27.7. The van der Waals surface area contributed by atoms with Gasteiger partial charge in [-0.2, -0.15) is 4.98 Å². The summed E-state index contributed by atoms with van der Waals surface area (Å²) in [6.45, 7) is 1.52. The SMILES string of the molecule is COCC1OC(n2ccc(NC(C)=O)nc2=O)C(OC)CC1O. The maximum atomic E-state index is 12.2. The zero-order valence-electron chi connectivity index (χ0n) is 13.3. The Balaban J connectivity index is 2.26. The molecule has 1 fully saturated rings. The molecule has 0 aliphatic carbocycles. The Kier molecular flexibility index (Phi) is 5.83. The largest absolute Gasteiger partial charge is 0.390 e. The molecule has 1 aromatic rings. The van der Waals surface area contributed by atoms with Gasteiger partial charge in [-0.3, -0.25) is 9.36 Å². The van der Waals surface area contributed by atoms with Gasteiger partial charge in [0.05, 0.1) is 12.7 Å². The second kappa shape index (κ2) is 7.64. The van der Waals surface area contributed by atoms with Gasteiger partial charge in [0.2, 0.25) is 5.91 Å². The molecule has 2 rings (SSSR count). The highest BCUT2D eigenvalue weighted by molar-refractivity contribution is 5.87. The number of aromatic nitrogens is 2. The van der Waals surface area contributed by atoms with Crippen molar-refractivity contribution in [3.05, 3.63) is 22.7 Å². The summed E-state index contributed by atoms with van der Waals surface area (Å²) in [5.74, 6) is -0.154. The average molecular weight is 327 g/mol. The Bertz CT molecular complexity index is 604. The number of aliphatic hydroxyl groups excluding tert-OH is 1. The molecule has 9 heteroatoms. The molecule has 1 aliphatic rings. The summed E-state index contributed by atoms with van der Waals surface area (Å²) in [7, 11) is 2.98. The maximum absolute atomic E-state index is 12.2. The molecule has 9 nitrogen and oxygen atoms in total. The number of carbonyl (C=O) groups is 1.